The zero-order valence-electron chi connectivity index (χ0n) is 9.72. The number of ether oxygens (including phenoxy) is 1. The molecule has 0 saturated heterocycles. The molecule has 1 unspecified atom stereocenters. The molecular weight excluding hydrogens is 202 g/mol. The van der Waals surface area contributed by atoms with Gasteiger partial charge in [0.2, 0.25) is 0 Å². The summed E-state index contributed by atoms with van der Waals surface area (Å²) in [7, 11) is 0. The van der Waals surface area contributed by atoms with Crippen molar-refractivity contribution < 1.29 is 9.53 Å². The van der Waals surface area contributed by atoms with Gasteiger partial charge in [0, 0.05) is 12.4 Å². The summed E-state index contributed by atoms with van der Waals surface area (Å²) in [6.45, 7) is 4.12. The van der Waals surface area contributed by atoms with Crippen LogP contribution in [0.2, 0.25) is 0 Å². The molecule has 0 radical (unpaired) electrons. The maximum atomic E-state index is 11.3. The van der Waals surface area contributed by atoms with E-state index in [1.54, 1.807) is 12.4 Å². The lowest BCUT2D eigenvalue weighted by molar-refractivity contribution is -0.147. The van der Waals surface area contributed by atoms with Gasteiger partial charge in [0.05, 0.1) is 12.5 Å². The van der Waals surface area contributed by atoms with Crippen molar-refractivity contribution in [2.75, 3.05) is 6.61 Å². The predicted octanol–water partition coefficient (Wildman–Crippen LogP) is 2.68. The molecule has 1 aromatic rings. The molecule has 0 spiro atoms. The molecule has 0 bridgehead atoms. The van der Waals surface area contributed by atoms with E-state index in [1.807, 2.05) is 38.1 Å². The van der Waals surface area contributed by atoms with Crippen molar-refractivity contribution in [1.29, 1.82) is 0 Å². The Morgan fingerprint density at radius 1 is 1.62 bits per heavy atom. The van der Waals surface area contributed by atoms with Gasteiger partial charge in [-0.15, -0.1) is 0 Å². The van der Waals surface area contributed by atoms with Gasteiger partial charge in [0.1, 0.15) is 0 Å². The van der Waals surface area contributed by atoms with E-state index in [9.17, 15) is 4.79 Å². The Bertz CT molecular complexity index is 346. The van der Waals surface area contributed by atoms with Crippen molar-refractivity contribution in [3.63, 3.8) is 0 Å². The quantitative estimate of drug-likeness (QED) is 0.715. The van der Waals surface area contributed by atoms with Crippen LogP contribution in [0.3, 0.4) is 0 Å². The van der Waals surface area contributed by atoms with Gasteiger partial charge < -0.3 is 4.74 Å². The molecule has 0 aliphatic carbocycles. The fourth-order valence-corrected chi connectivity index (χ4v) is 1.26. The highest BCUT2D eigenvalue weighted by atomic mass is 16.5. The van der Waals surface area contributed by atoms with Crippen LogP contribution in [0.4, 0.5) is 0 Å². The maximum Gasteiger partial charge on any atom is 0.308 e. The summed E-state index contributed by atoms with van der Waals surface area (Å²) in [6.07, 6.45) is 8.14. The van der Waals surface area contributed by atoms with Crippen molar-refractivity contribution in [2.24, 2.45) is 5.92 Å². The van der Waals surface area contributed by atoms with Crippen LogP contribution in [0.5, 0.6) is 0 Å². The third-order valence-electron chi connectivity index (χ3n) is 2.17. The van der Waals surface area contributed by atoms with Crippen LogP contribution in [-0.4, -0.2) is 17.6 Å². The molecule has 0 aliphatic heterocycles. The lowest BCUT2D eigenvalue weighted by Gasteiger charge is -2.06. The molecule has 1 heterocycles. The number of pyridine rings is 1. The largest absolute Gasteiger partial charge is 0.466 e. The van der Waals surface area contributed by atoms with Crippen molar-refractivity contribution in [2.45, 2.75) is 20.3 Å². The molecule has 0 aliphatic rings. The summed E-state index contributed by atoms with van der Waals surface area (Å²) < 4.78 is 4.92. The molecule has 1 atom stereocenters. The Morgan fingerprint density at radius 3 is 3.06 bits per heavy atom. The summed E-state index contributed by atoms with van der Waals surface area (Å²) in [6, 6.07) is 3.85. The topological polar surface area (TPSA) is 39.2 Å². The van der Waals surface area contributed by atoms with Crippen LogP contribution >= 0.6 is 0 Å². The van der Waals surface area contributed by atoms with Gasteiger partial charge in [-0.05, 0) is 25.0 Å². The molecule has 1 rings (SSSR count). The predicted molar refractivity (Wildman–Crippen MR) is 63.7 cm³/mol. The van der Waals surface area contributed by atoms with Crippen LogP contribution in [0.25, 0.3) is 6.08 Å². The number of esters is 1. The van der Waals surface area contributed by atoms with Crippen molar-refractivity contribution in [3.8, 4) is 0 Å². The Hall–Kier alpha value is -1.64. The minimum Gasteiger partial charge on any atom is -0.466 e. The van der Waals surface area contributed by atoms with Gasteiger partial charge in [-0.25, -0.2) is 0 Å². The number of hydrogen-bond donors (Lipinski definition) is 0. The fraction of sp³-hybridized carbons (Fsp3) is 0.385. The average molecular weight is 219 g/mol. The first-order valence-corrected chi connectivity index (χ1v) is 5.47. The zero-order valence-corrected chi connectivity index (χ0v) is 9.72. The Labute approximate surface area is 96.2 Å². The van der Waals surface area contributed by atoms with Gasteiger partial charge in [-0.3, -0.25) is 9.78 Å². The van der Waals surface area contributed by atoms with Crippen LogP contribution in [0.15, 0.2) is 30.6 Å². The molecular formula is C13H17NO2. The molecule has 1 aromatic heterocycles. The fourth-order valence-electron chi connectivity index (χ4n) is 1.26. The Balaban J connectivity index is 2.40. The first-order chi connectivity index (χ1) is 7.74. The summed E-state index contributed by atoms with van der Waals surface area (Å²) >= 11 is 0. The second-order valence-electron chi connectivity index (χ2n) is 3.58. The van der Waals surface area contributed by atoms with Gasteiger partial charge in [-0.2, -0.15) is 0 Å². The molecule has 0 fully saturated rings. The number of nitrogens with zero attached hydrogens (tertiary/aromatic N) is 1. The summed E-state index contributed by atoms with van der Waals surface area (Å²) in [5, 5.41) is 0. The molecule has 0 amide bonds. The van der Waals surface area contributed by atoms with Crippen molar-refractivity contribution in [1.82, 2.24) is 4.98 Å². The van der Waals surface area contributed by atoms with E-state index >= 15 is 0 Å². The SMILES string of the molecule is CCOC(=O)C(C)CC=Cc1cccnc1. The number of allylic oxidation sites excluding steroid dienone is 1. The van der Waals surface area contributed by atoms with Crippen LogP contribution in [0, 0.1) is 5.92 Å². The van der Waals surface area contributed by atoms with Gasteiger partial charge in [0.25, 0.3) is 0 Å². The van der Waals surface area contributed by atoms with E-state index < -0.39 is 0 Å². The van der Waals surface area contributed by atoms with E-state index in [4.69, 9.17) is 4.74 Å². The number of aromatic nitrogens is 1. The van der Waals surface area contributed by atoms with Gasteiger partial charge in [0.15, 0.2) is 0 Å². The Morgan fingerprint density at radius 2 is 2.44 bits per heavy atom. The minimum atomic E-state index is -0.140. The summed E-state index contributed by atoms with van der Waals surface area (Å²) in [5.41, 5.74) is 1.04. The molecule has 86 valence electrons. The molecule has 3 heteroatoms. The molecule has 3 nitrogen and oxygen atoms in total. The maximum absolute atomic E-state index is 11.3. The first-order valence-electron chi connectivity index (χ1n) is 5.47. The minimum absolute atomic E-state index is 0.0899. The van der Waals surface area contributed by atoms with E-state index in [1.165, 1.54) is 0 Å². The highest BCUT2D eigenvalue weighted by Gasteiger charge is 2.11. The summed E-state index contributed by atoms with van der Waals surface area (Å²) in [4.78, 5) is 15.3. The van der Waals surface area contributed by atoms with Crippen LogP contribution in [-0.2, 0) is 9.53 Å². The van der Waals surface area contributed by atoms with E-state index in [0.29, 0.717) is 13.0 Å². The molecule has 0 aromatic carbocycles. The zero-order chi connectivity index (χ0) is 11.8. The number of rotatable bonds is 5. The summed E-state index contributed by atoms with van der Waals surface area (Å²) in [5.74, 6) is -0.230. The molecule has 16 heavy (non-hydrogen) atoms. The number of carbonyl (C=O) groups is 1. The highest BCUT2D eigenvalue weighted by Crippen LogP contribution is 2.08. The van der Waals surface area contributed by atoms with Gasteiger partial charge >= 0.3 is 5.97 Å². The van der Waals surface area contributed by atoms with Crippen LogP contribution < -0.4 is 0 Å². The second-order valence-corrected chi connectivity index (χ2v) is 3.58. The average Bonchev–Trinajstić information content (AvgIpc) is 2.30. The smallest absolute Gasteiger partial charge is 0.308 e. The number of hydrogen-bond acceptors (Lipinski definition) is 3. The van der Waals surface area contributed by atoms with E-state index in [2.05, 4.69) is 4.98 Å². The second kappa shape index (κ2) is 6.77. The lowest BCUT2D eigenvalue weighted by Crippen LogP contribution is -2.13. The normalized spacial score (nSPS) is 12.6. The Kier molecular flexibility index (Phi) is 5.26. The van der Waals surface area contributed by atoms with Crippen molar-refractivity contribution >= 4 is 12.0 Å². The first kappa shape index (κ1) is 12.4. The van der Waals surface area contributed by atoms with E-state index in [-0.39, 0.29) is 11.9 Å². The monoisotopic (exact) mass is 219 g/mol. The third kappa shape index (κ3) is 4.26. The van der Waals surface area contributed by atoms with E-state index in [0.717, 1.165) is 5.56 Å². The van der Waals surface area contributed by atoms with Gasteiger partial charge in [-0.1, -0.05) is 25.1 Å². The standard InChI is InChI=1S/C13H17NO2/c1-3-16-13(15)11(2)6-4-7-12-8-5-9-14-10-12/h4-5,7-11H,3,6H2,1-2H3. The number of carbonyl (C=O) groups excluding carboxylic acids is 1. The molecule has 0 N–H and O–H groups in total. The van der Waals surface area contributed by atoms with Crippen LogP contribution in [0.1, 0.15) is 25.8 Å². The van der Waals surface area contributed by atoms with Crippen molar-refractivity contribution in [3.05, 3.63) is 36.2 Å². The molecule has 0 saturated carbocycles. The highest BCUT2D eigenvalue weighted by molar-refractivity contribution is 5.72. The lowest BCUT2D eigenvalue weighted by atomic mass is 10.1. The third-order valence-corrected chi connectivity index (χ3v) is 2.17.